The minimum Gasteiger partial charge on any atom is -0.389 e. The summed E-state index contributed by atoms with van der Waals surface area (Å²) in [5.74, 6) is 0.324. The average Bonchev–Trinajstić information content (AvgIpc) is 2.84. The third-order valence-electron chi connectivity index (χ3n) is 5.96. The maximum atomic E-state index is 11.3. The first-order chi connectivity index (χ1) is 15.7. The number of likely N-dealkylation sites (tertiary alicyclic amines) is 1. The number of benzene rings is 3. The number of hydrogen-bond acceptors (Lipinski definition) is 4. The first kappa shape index (κ1) is 23.0. The fourth-order valence-corrected chi connectivity index (χ4v) is 4.59. The molecule has 3 aromatic rings. The summed E-state index contributed by atoms with van der Waals surface area (Å²) >= 11 is 6.34. The Morgan fingerprint density at radius 3 is 1.78 bits per heavy atom. The van der Waals surface area contributed by atoms with Crippen LogP contribution in [-0.2, 0) is 29.2 Å². The molecule has 1 fully saturated rings. The van der Waals surface area contributed by atoms with Crippen molar-refractivity contribution in [2.75, 3.05) is 12.4 Å². The second-order valence-electron chi connectivity index (χ2n) is 8.22. The molecule has 168 valence electrons. The van der Waals surface area contributed by atoms with E-state index in [9.17, 15) is 5.11 Å². The predicted molar refractivity (Wildman–Crippen MR) is 127 cm³/mol. The van der Waals surface area contributed by atoms with Crippen LogP contribution in [0.4, 0.5) is 0 Å². The van der Waals surface area contributed by atoms with E-state index in [0.29, 0.717) is 32.2 Å². The zero-order chi connectivity index (χ0) is 22.2. The number of piperidine rings is 1. The number of hydrogen-bond donors (Lipinski definition) is 1. The lowest BCUT2D eigenvalue weighted by molar-refractivity contribution is -0.183. The number of halogens is 1. The van der Waals surface area contributed by atoms with Crippen molar-refractivity contribution in [2.45, 2.75) is 44.1 Å². The van der Waals surface area contributed by atoms with Gasteiger partial charge in [-0.15, -0.1) is 11.6 Å². The van der Waals surface area contributed by atoms with E-state index in [-0.39, 0.29) is 12.1 Å². The summed E-state index contributed by atoms with van der Waals surface area (Å²) in [7, 11) is 0. The van der Waals surface area contributed by atoms with E-state index < -0.39 is 12.2 Å². The Labute approximate surface area is 195 Å². The fraction of sp³-hybridized carbons (Fsp3) is 0.333. The van der Waals surface area contributed by atoms with Gasteiger partial charge in [0.25, 0.3) is 0 Å². The predicted octanol–water partition coefficient (Wildman–Crippen LogP) is 4.64. The Balaban J connectivity index is 1.51. The van der Waals surface area contributed by atoms with E-state index >= 15 is 0 Å². The largest absolute Gasteiger partial charge is 0.389 e. The van der Waals surface area contributed by atoms with Crippen molar-refractivity contribution in [2.24, 2.45) is 0 Å². The third kappa shape index (κ3) is 5.97. The number of ether oxygens (including phenoxy) is 2. The molecule has 0 aromatic heterocycles. The Kier molecular flexibility index (Phi) is 8.32. The summed E-state index contributed by atoms with van der Waals surface area (Å²) in [6.45, 7) is 2.22. The van der Waals surface area contributed by atoms with Crippen LogP contribution in [0.3, 0.4) is 0 Å². The van der Waals surface area contributed by atoms with Crippen molar-refractivity contribution in [1.82, 2.24) is 4.90 Å². The van der Waals surface area contributed by atoms with E-state index in [1.807, 2.05) is 78.9 Å². The van der Waals surface area contributed by atoms with Crippen molar-refractivity contribution in [1.29, 1.82) is 0 Å². The van der Waals surface area contributed by atoms with Crippen LogP contribution in [0.15, 0.2) is 91.0 Å². The standard InChI is InChI=1S/C27H30ClNO3/c28-16-24-26(30)27(32-20-23-14-8-3-9-15-23)25(31-19-22-12-6-2-7-13-22)18-29(24)17-21-10-4-1-5-11-21/h1-15,24-27,30H,16-20H2/t24-,25+,26-,27-/m1/s1. The van der Waals surface area contributed by atoms with Gasteiger partial charge in [0.1, 0.15) is 6.10 Å². The monoisotopic (exact) mass is 451 g/mol. The van der Waals surface area contributed by atoms with Gasteiger partial charge in [-0.25, -0.2) is 0 Å². The quantitative estimate of drug-likeness (QED) is 0.481. The summed E-state index contributed by atoms with van der Waals surface area (Å²) in [5, 5.41) is 11.3. The second-order valence-corrected chi connectivity index (χ2v) is 8.53. The summed E-state index contributed by atoms with van der Waals surface area (Å²) in [4.78, 5) is 2.21. The van der Waals surface area contributed by atoms with Gasteiger partial charge in [-0.3, -0.25) is 4.90 Å². The Bertz CT molecular complexity index is 925. The fourth-order valence-electron chi connectivity index (χ4n) is 4.21. The van der Waals surface area contributed by atoms with Gasteiger partial charge in [-0.2, -0.15) is 0 Å². The van der Waals surface area contributed by atoms with Crippen LogP contribution in [0.25, 0.3) is 0 Å². The molecule has 5 heteroatoms. The Morgan fingerprint density at radius 1 is 0.750 bits per heavy atom. The van der Waals surface area contributed by atoms with Crippen LogP contribution in [-0.4, -0.2) is 46.8 Å². The third-order valence-corrected chi connectivity index (χ3v) is 6.28. The molecular weight excluding hydrogens is 422 g/mol. The summed E-state index contributed by atoms with van der Waals surface area (Å²) in [6.07, 6.45) is -1.50. The van der Waals surface area contributed by atoms with Crippen LogP contribution in [0.2, 0.25) is 0 Å². The van der Waals surface area contributed by atoms with Crippen molar-refractivity contribution >= 4 is 11.6 Å². The zero-order valence-electron chi connectivity index (χ0n) is 18.1. The topological polar surface area (TPSA) is 41.9 Å². The lowest BCUT2D eigenvalue weighted by atomic mass is 9.93. The number of rotatable bonds is 9. The molecule has 0 saturated carbocycles. The maximum Gasteiger partial charge on any atom is 0.113 e. The van der Waals surface area contributed by atoms with Gasteiger partial charge in [0, 0.05) is 19.0 Å². The lowest BCUT2D eigenvalue weighted by Gasteiger charge is -2.46. The number of aliphatic hydroxyl groups is 1. The number of alkyl halides is 1. The molecular formula is C27H30ClNO3. The highest BCUT2D eigenvalue weighted by atomic mass is 35.5. The van der Waals surface area contributed by atoms with Crippen molar-refractivity contribution in [3.63, 3.8) is 0 Å². The molecule has 32 heavy (non-hydrogen) atoms. The van der Waals surface area contributed by atoms with Gasteiger partial charge in [-0.1, -0.05) is 91.0 Å². The molecule has 1 N–H and O–H groups in total. The van der Waals surface area contributed by atoms with Gasteiger partial charge in [0.05, 0.1) is 31.5 Å². The molecule has 0 bridgehead atoms. The normalized spacial score (nSPS) is 23.8. The molecule has 0 amide bonds. The molecule has 4 rings (SSSR count). The minimum absolute atomic E-state index is 0.214. The Hall–Kier alpha value is -2.21. The molecule has 0 aliphatic carbocycles. The molecule has 4 nitrogen and oxygen atoms in total. The zero-order valence-corrected chi connectivity index (χ0v) is 18.9. The first-order valence-corrected chi connectivity index (χ1v) is 11.6. The molecule has 1 heterocycles. The SMILES string of the molecule is O[C@H]1[C@H](OCc2ccccc2)[C@@H](OCc2ccccc2)CN(Cc2ccccc2)[C@@H]1CCl. The summed E-state index contributed by atoms with van der Waals surface area (Å²) < 4.78 is 12.6. The Morgan fingerprint density at radius 2 is 1.25 bits per heavy atom. The molecule has 3 aromatic carbocycles. The summed E-state index contributed by atoms with van der Waals surface area (Å²) in [5.41, 5.74) is 3.34. The summed E-state index contributed by atoms with van der Waals surface area (Å²) in [6, 6.07) is 30.1. The highest BCUT2D eigenvalue weighted by Gasteiger charge is 2.43. The molecule has 0 unspecified atom stereocenters. The van der Waals surface area contributed by atoms with E-state index in [1.165, 1.54) is 5.56 Å². The molecule has 4 atom stereocenters. The van der Waals surface area contributed by atoms with Gasteiger partial charge in [0.2, 0.25) is 0 Å². The average molecular weight is 452 g/mol. The molecule has 0 spiro atoms. The molecule has 1 aliphatic heterocycles. The van der Waals surface area contributed by atoms with Gasteiger partial charge in [-0.05, 0) is 16.7 Å². The smallest absolute Gasteiger partial charge is 0.113 e. The van der Waals surface area contributed by atoms with E-state index in [1.54, 1.807) is 0 Å². The van der Waals surface area contributed by atoms with Crippen LogP contribution in [0.1, 0.15) is 16.7 Å². The van der Waals surface area contributed by atoms with Crippen LogP contribution in [0.5, 0.6) is 0 Å². The van der Waals surface area contributed by atoms with Gasteiger partial charge < -0.3 is 14.6 Å². The van der Waals surface area contributed by atoms with Gasteiger partial charge >= 0.3 is 0 Å². The van der Waals surface area contributed by atoms with E-state index in [2.05, 4.69) is 17.0 Å². The number of nitrogens with zero attached hydrogens (tertiary/aromatic N) is 1. The van der Waals surface area contributed by atoms with Gasteiger partial charge in [0.15, 0.2) is 0 Å². The highest BCUT2D eigenvalue weighted by Crippen LogP contribution is 2.27. The molecule has 1 aliphatic rings. The number of aliphatic hydroxyl groups excluding tert-OH is 1. The maximum absolute atomic E-state index is 11.3. The molecule has 0 radical (unpaired) electrons. The highest BCUT2D eigenvalue weighted by molar-refractivity contribution is 6.18. The van der Waals surface area contributed by atoms with Crippen LogP contribution in [0, 0.1) is 0 Å². The van der Waals surface area contributed by atoms with E-state index in [4.69, 9.17) is 21.1 Å². The minimum atomic E-state index is -0.755. The van der Waals surface area contributed by atoms with Crippen molar-refractivity contribution < 1.29 is 14.6 Å². The molecule has 1 saturated heterocycles. The first-order valence-electron chi connectivity index (χ1n) is 11.1. The second kappa shape index (κ2) is 11.6. The van der Waals surface area contributed by atoms with Crippen molar-refractivity contribution in [3.05, 3.63) is 108 Å². The van der Waals surface area contributed by atoms with Crippen LogP contribution >= 0.6 is 11.6 Å². The van der Waals surface area contributed by atoms with E-state index in [0.717, 1.165) is 11.1 Å². The lowest BCUT2D eigenvalue weighted by Crippen LogP contribution is -2.62. The van der Waals surface area contributed by atoms with Crippen LogP contribution < -0.4 is 0 Å². The van der Waals surface area contributed by atoms with Crippen molar-refractivity contribution in [3.8, 4) is 0 Å².